The minimum Gasteiger partial charge on any atom is -0.307 e. The van der Waals surface area contributed by atoms with Crippen LogP contribution in [0, 0.1) is 9.39 Å². The molecule has 0 saturated heterocycles. The summed E-state index contributed by atoms with van der Waals surface area (Å²) in [4.78, 5) is 15.8. The fraction of sp³-hybridized carbons (Fsp3) is 0. The number of hydrogen-bond donors (Lipinski definition) is 1. The number of pyridine rings is 1. The molecule has 0 aliphatic rings. The van der Waals surface area contributed by atoms with Gasteiger partial charge in [0.2, 0.25) is 0 Å². The lowest BCUT2D eigenvalue weighted by Gasteiger charge is -2.04. The van der Waals surface area contributed by atoms with Crippen LogP contribution in [0.4, 0.5) is 10.2 Å². The molecule has 1 amide bonds. The highest BCUT2D eigenvalue weighted by molar-refractivity contribution is 14.1. The largest absolute Gasteiger partial charge is 0.307 e. The standard InChI is InChI=1S/C12H8FIN2O/c13-9-3-1-2-8(6-9)12(17)16-11-5-4-10(14)7-15-11/h1-7H,(H,15,16,17). The van der Waals surface area contributed by atoms with E-state index in [1.54, 1.807) is 18.3 Å². The first-order chi connectivity index (χ1) is 8.15. The maximum Gasteiger partial charge on any atom is 0.256 e. The molecule has 0 aliphatic carbocycles. The van der Waals surface area contributed by atoms with Crippen LogP contribution in [0.2, 0.25) is 0 Å². The van der Waals surface area contributed by atoms with Gasteiger partial charge in [-0.15, -0.1) is 0 Å². The molecule has 3 nitrogen and oxygen atoms in total. The Balaban J connectivity index is 2.14. The third-order valence-corrected chi connectivity index (χ3v) is 2.69. The van der Waals surface area contributed by atoms with Gasteiger partial charge in [-0.2, -0.15) is 0 Å². The van der Waals surface area contributed by atoms with Gasteiger partial charge in [-0.05, 0) is 52.9 Å². The van der Waals surface area contributed by atoms with Gasteiger partial charge in [0.1, 0.15) is 11.6 Å². The monoisotopic (exact) mass is 342 g/mol. The van der Waals surface area contributed by atoms with E-state index in [9.17, 15) is 9.18 Å². The van der Waals surface area contributed by atoms with E-state index < -0.39 is 5.82 Å². The van der Waals surface area contributed by atoms with Crippen LogP contribution in [0.3, 0.4) is 0 Å². The van der Waals surface area contributed by atoms with Gasteiger partial charge in [0.25, 0.3) is 5.91 Å². The number of rotatable bonds is 2. The highest BCUT2D eigenvalue weighted by atomic mass is 127. The summed E-state index contributed by atoms with van der Waals surface area (Å²) in [6, 6.07) is 9.03. The lowest BCUT2D eigenvalue weighted by atomic mass is 10.2. The number of benzene rings is 1. The fourth-order valence-corrected chi connectivity index (χ4v) is 1.59. The molecule has 0 fully saturated rings. The first-order valence-corrected chi connectivity index (χ1v) is 5.91. The number of nitrogens with one attached hydrogen (secondary N) is 1. The molecule has 1 aromatic heterocycles. The topological polar surface area (TPSA) is 42.0 Å². The van der Waals surface area contributed by atoms with Crippen molar-refractivity contribution >= 4 is 34.3 Å². The van der Waals surface area contributed by atoms with Crippen molar-refractivity contribution in [2.24, 2.45) is 0 Å². The van der Waals surface area contributed by atoms with E-state index in [2.05, 4.69) is 32.9 Å². The molecule has 0 radical (unpaired) electrons. The number of carbonyl (C=O) groups is 1. The summed E-state index contributed by atoms with van der Waals surface area (Å²) in [6.45, 7) is 0. The average Bonchev–Trinajstić information content (AvgIpc) is 2.32. The average molecular weight is 342 g/mol. The normalized spacial score (nSPS) is 10.0. The van der Waals surface area contributed by atoms with Gasteiger partial charge in [0, 0.05) is 15.3 Å². The first-order valence-electron chi connectivity index (χ1n) is 4.83. The Hall–Kier alpha value is -1.50. The van der Waals surface area contributed by atoms with E-state index in [-0.39, 0.29) is 11.5 Å². The molecule has 0 bridgehead atoms. The number of amides is 1. The van der Waals surface area contributed by atoms with Gasteiger partial charge in [0.15, 0.2) is 0 Å². The van der Waals surface area contributed by atoms with Crippen molar-refractivity contribution in [2.45, 2.75) is 0 Å². The predicted octanol–water partition coefficient (Wildman–Crippen LogP) is 3.08. The molecule has 2 aromatic rings. The van der Waals surface area contributed by atoms with Crippen molar-refractivity contribution in [3.05, 3.63) is 57.5 Å². The van der Waals surface area contributed by atoms with Crippen LogP contribution in [-0.4, -0.2) is 10.9 Å². The van der Waals surface area contributed by atoms with Gasteiger partial charge in [-0.1, -0.05) is 6.07 Å². The molecule has 2 rings (SSSR count). The Labute approximate surface area is 111 Å². The Morgan fingerprint density at radius 2 is 2.12 bits per heavy atom. The van der Waals surface area contributed by atoms with Crippen LogP contribution in [0.5, 0.6) is 0 Å². The van der Waals surface area contributed by atoms with Crippen molar-refractivity contribution in [1.82, 2.24) is 4.98 Å². The van der Waals surface area contributed by atoms with Crippen LogP contribution in [0.1, 0.15) is 10.4 Å². The quantitative estimate of drug-likeness (QED) is 0.853. The first kappa shape index (κ1) is 12.0. The highest BCUT2D eigenvalue weighted by Gasteiger charge is 2.07. The number of hydrogen-bond acceptors (Lipinski definition) is 2. The zero-order chi connectivity index (χ0) is 12.3. The summed E-state index contributed by atoms with van der Waals surface area (Å²) in [5.74, 6) is -0.369. The van der Waals surface area contributed by atoms with Crippen LogP contribution in [-0.2, 0) is 0 Å². The van der Waals surface area contributed by atoms with E-state index in [4.69, 9.17) is 0 Å². The summed E-state index contributed by atoms with van der Waals surface area (Å²) in [5.41, 5.74) is 0.269. The lowest BCUT2D eigenvalue weighted by Crippen LogP contribution is -2.12. The second-order valence-corrected chi connectivity index (χ2v) is 4.57. The minimum atomic E-state index is -0.437. The molecule has 0 unspecified atom stereocenters. The highest BCUT2D eigenvalue weighted by Crippen LogP contribution is 2.10. The molecule has 1 aromatic carbocycles. The maximum absolute atomic E-state index is 12.9. The predicted molar refractivity (Wildman–Crippen MR) is 71.3 cm³/mol. The van der Waals surface area contributed by atoms with Crippen molar-refractivity contribution in [2.75, 3.05) is 5.32 Å². The molecule has 0 atom stereocenters. The zero-order valence-electron chi connectivity index (χ0n) is 8.65. The number of anilines is 1. The summed E-state index contributed by atoms with van der Waals surface area (Å²) < 4.78 is 13.9. The summed E-state index contributed by atoms with van der Waals surface area (Å²) in [5, 5.41) is 2.59. The molecule has 5 heteroatoms. The molecular formula is C12H8FIN2O. The molecule has 0 saturated carbocycles. The van der Waals surface area contributed by atoms with E-state index in [1.807, 2.05) is 6.07 Å². The second-order valence-electron chi connectivity index (χ2n) is 3.33. The summed E-state index contributed by atoms with van der Waals surface area (Å²) in [7, 11) is 0. The molecule has 0 aliphatic heterocycles. The number of halogens is 2. The SMILES string of the molecule is O=C(Nc1ccc(I)cn1)c1cccc(F)c1. The third kappa shape index (κ3) is 3.23. The number of carbonyl (C=O) groups excluding carboxylic acids is 1. The van der Waals surface area contributed by atoms with Crippen LogP contribution < -0.4 is 5.32 Å². The number of nitrogens with zero attached hydrogens (tertiary/aromatic N) is 1. The molecule has 1 N–H and O–H groups in total. The Bertz CT molecular complexity index is 542. The smallest absolute Gasteiger partial charge is 0.256 e. The molecule has 17 heavy (non-hydrogen) atoms. The van der Waals surface area contributed by atoms with Gasteiger partial charge < -0.3 is 5.32 Å². The van der Waals surface area contributed by atoms with E-state index in [0.29, 0.717) is 5.82 Å². The zero-order valence-corrected chi connectivity index (χ0v) is 10.8. The summed E-state index contributed by atoms with van der Waals surface area (Å²) >= 11 is 2.12. The van der Waals surface area contributed by atoms with Crippen LogP contribution in [0.25, 0.3) is 0 Å². The van der Waals surface area contributed by atoms with Gasteiger partial charge in [-0.3, -0.25) is 4.79 Å². The maximum atomic E-state index is 12.9. The fourth-order valence-electron chi connectivity index (χ4n) is 1.27. The Morgan fingerprint density at radius 3 is 2.76 bits per heavy atom. The molecule has 0 spiro atoms. The van der Waals surface area contributed by atoms with Crippen LogP contribution >= 0.6 is 22.6 Å². The van der Waals surface area contributed by atoms with Crippen LogP contribution in [0.15, 0.2) is 42.6 Å². The third-order valence-electron chi connectivity index (χ3n) is 2.06. The van der Waals surface area contributed by atoms with Gasteiger partial charge >= 0.3 is 0 Å². The minimum absolute atomic E-state index is 0.269. The van der Waals surface area contributed by atoms with Gasteiger partial charge in [-0.25, -0.2) is 9.37 Å². The van der Waals surface area contributed by atoms with E-state index in [1.165, 1.54) is 18.2 Å². The van der Waals surface area contributed by atoms with Crippen molar-refractivity contribution < 1.29 is 9.18 Å². The molecular weight excluding hydrogens is 334 g/mol. The summed E-state index contributed by atoms with van der Waals surface area (Å²) in [6.07, 6.45) is 1.64. The van der Waals surface area contributed by atoms with Crippen molar-refractivity contribution in [3.8, 4) is 0 Å². The van der Waals surface area contributed by atoms with Crippen molar-refractivity contribution in [1.29, 1.82) is 0 Å². The van der Waals surface area contributed by atoms with E-state index in [0.717, 1.165) is 3.57 Å². The Morgan fingerprint density at radius 1 is 1.29 bits per heavy atom. The van der Waals surface area contributed by atoms with Gasteiger partial charge in [0.05, 0.1) is 0 Å². The Kier molecular flexibility index (Phi) is 3.68. The molecule has 86 valence electrons. The lowest BCUT2D eigenvalue weighted by molar-refractivity contribution is 0.102. The molecule has 1 heterocycles. The second kappa shape index (κ2) is 5.22. The van der Waals surface area contributed by atoms with E-state index >= 15 is 0 Å². The number of aromatic nitrogens is 1. The van der Waals surface area contributed by atoms with Crippen molar-refractivity contribution in [3.63, 3.8) is 0 Å².